The van der Waals surface area contributed by atoms with E-state index in [1.165, 1.54) is 64.5 Å². The molecule has 0 spiro atoms. The highest BCUT2D eigenvalue weighted by Crippen LogP contribution is 2.21. The maximum Gasteiger partial charge on any atom is 0.291 e. The van der Waals surface area contributed by atoms with Crippen LogP contribution in [0.2, 0.25) is 0 Å². The molecule has 6 rings (SSSR count). The topological polar surface area (TPSA) is 288 Å². The van der Waals surface area contributed by atoms with Crippen LogP contribution in [-0.4, -0.2) is 98.2 Å². The van der Waals surface area contributed by atoms with Gasteiger partial charge < -0.3 is 69.9 Å². The molecule has 6 heterocycles. The highest BCUT2D eigenvalue weighted by molar-refractivity contribution is 6.08. The number of hydrogen-bond acceptors (Lipinski definition) is 10. The minimum Gasteiger partial charge on any atom is -0.354 e. The summed E-state index contributed by atoms with van der Waals surface area (Å²) in [4.78, 5) is 110. The Bertz CT molecular complexity index is 2870. The zero-order valence-electron chi connectivity index (χ0n) is 36.7. The number of anilines is 6. The first-order valence-corrected chi connectivity index (χ1v) is 19.9. The van der Waals surface area contributed by atoms with E-state index in [0.717, 1.165) is 0 Å². The number of carbonyl (C=O) groups is 8. The molecule has 24 heteroatoms. The highest BCUT2D eigenvalue weighted by Gasteiger charge is 2.22. The van der Waals surface area contributed by atoms with Crippen LogP contribution in [0.3, 0.4) is 0 Å². The van der Waals surface area contributed by atoms with Crippen LogP contribution in [0.15, 0.2) is 61.4 Å². The molecule has 0 atom stereocenters. The molecule has 0 saturated heterocycles. The lowest BCUT2D eigenvalue weighted by Crippen LogP contribution is -2.27. The minimum atomic E-state index is -0.564. The summed E-state index contributed by atoms with van der Waals surface area (Å²) in [5, 5.41) is 21.4. The van der Waals surface area contributed by atoms with Gasteiger partial charge >= 0.3 is 0 Å². The van der Waals surface area contributed by atoms with Gasteiger partial charge in [0.2, 0.25) is 23.5 Å². The molecule has 0 unspecified atom stereocenters. The Kier molecular flexibility index (Phi) is 13.5. The number of carbonyl (C=O) groups excluding carboxylic acids is 8. The van der Waals surface area contributed by atoms with Crippen molar-refractivity contribution in [3.8, 4) is 0 Å². The molecule has 0 aliphatic heterocycles. The lowest BCUT2D eigenvalue weighted by molar-refractivity contribution is -0.116. The van der Waals surface area contributed by atoms with Crippen molar-refractivity contribution in [2.75, 3.05) is 45.5 Å². The molecule has 8 amide bonds. The number of imidazole rings is 2. The zero-order chi connectivity index (χ0) is 47.3. The van der Waals surface area contributed by atoms with E-state index < -0.39 is 29.5 Å². The minimum absolute atomic E-state index is 0.00755. The van der Waals surface area contributed by atoms with Gasteiger partial charge in [-0.15, -0.1) is 0 Å². The number of nitrogens with zero attached hydrogens (tertiary/aromatic N) is 8. The Hall–Kier alpha value is -8.70. The van der Waals surface area contributed by atoms with Crippen LogP contribution in [0.4, 0.5) is 34.4 Å². The van der Waals surface area contributed by atoms with Gasteiger partial charge in [-0.3, -0.25) is 38.4 Å². The molecule has 0 fully saturated rings. The van der Waals surface area contributed by atoms with Crippen LogP contribution in [0, 0.1) is 0 Å². The van der Waals surface area contributed by atoms with Gasteiger partial charge in [0.25, 0.3) is 35.4 Å². The maximum absolute atomic E-state index is 13.2. The molecule has 0 radical (unpaired) electrons. The molecule has 8 N–H and O–H groups in total. The molecule has 340 valence electrons. The second kappa shape index (κ2) is 19.1. The maximum atomic E-state index is 13.2. The van der Waals surface area contributed by atoms with Crippen molar-refractivity contribution < 1.29 is 38.4 Å². The van der Waals surface area contributed by atoms with E-state index in [0.29, 0.717) is 28.4 Å². The molecule has 24 nitrogen and oxygen atoms in total. The lowest BCUT2D eigenvalue weighted by atomic mass is 10.3. The van der Waals surface area contributed by atoms with Crippen LogP contribution in [0.1, 0.15) is 83.0 Å². The molecule has 6 aromatic heterocycles. The number of aryl methyl sites for hydroxylation is 6. The molecule has 65 heavy (non-hydrogen) atoms. The summed E-state index contributed by atoms with van der Waals surface area (Å²) in [5.74, 6) is -3.23. The smallest absolute Gasteiger partial charge is 0.291 e. The third-order valence-electron chi connectivity index (χ3n) is 9.81. The lowest BCUT2D eigenvalue weighted by Gasteiger charge is -2.05. The Morgan fingerprint density at radius 2 is 0.846 bits per heavy atom. The van der Waals surface area contributed by atoms with Crippen LogP contribution >= 0.6 is 0 Å². The van der Waals surface area contributed by atoms with E-state index >= 15 is 0 Å². The fourth-order valence-electron chi connectivity index (χ4n) is 6.73. The highest BCUT2D eigenvalue weighted by atomic mass is 16.2. The second-order valence-corrected chi connectivity index (χ2v) is 15.0. The monoisotopic (exact) mass is 892 g/mol. The first-order valence-electron chi connectivity index (χ1n) is 19.9. The molecular formula is C41H48N16O8. The molecule has 0 aliphatic rings. The summed E-state index contributed by atoms with van der Waals surface area (Å²) < 4.78 is 9.06. The SMILES string of the molecule is CNC(=O)c1cc(NC(=O)c2cc(NC(=O)c3cc(NC(=O)CCCNC(=O)c4nc(NC(=O)c5cc(NC(=O)c6nc(NC(C)=O)cn6C)cn5C)cn4C)cn3C)cn2C)cn1C. The molecule has 0 aliphatic carbocycles. The van der Waals surface area contributed by atoms with Gasteiger partial charge in [-0.2, -0.15) is 0 Å². The fourth-order valence-corrected chi connectivity index (χ4v) is 6.73. The third-order valence-corrected chi connectivity index (χ3v) is 9.81. The molecule has 6 aromatic rings. The molecule has 0 bridgehead atoms. The number of hydrogen-bond donors (Lipinski definition) is 8. The van der Waals surface area contributed by atoms with Crippen molar-refractivity contribution in [3.63, 3.8) is 0 Å². The summed E-state index contributed by atoms with van der Waals surface area (Å²) in [6.45, 7) is 1.46. The Morgan fingerprint density at radius 3 is 1.29 bits per heavy atom. The van der Waals surface area contributed by atoms with Gasteiger partial charge in [0.05, 0.1) is 22.7 Å². The van der Waals surface area contributed by atoms with Crippen LogP contribution in [0.25, 0.3) is 0 Å². The van der Waals surface area contributed by atoms with Crippen molar-refractivity contribution in [1.29, 1.82) is 0 Å². The molecular weight excluding hydrogens is 845 g/mol. The van der Waals surface area contributed by atoms with Crippen molar-refractivity contribution in [2.24, 2.45) is 42.3 Å². The van der Waals surface area contributed by atoms with E-state index in [4.69, 9.17) is 0 Å². The number of rotatable bonds is 16. The van der Waals surface area contributed by atoms with Gasteiger partial charge in [0, 0.05) is 106 Å². The summed E-state index contributed by atoms with van der Waals surface area (Å²) in [5.41, 5.74) is 2.50. The molecule has 0 saturated carbocycles. The second-order valence-electron chi connectivity index (χ2n) is 15.0. The van der Waals surface area contributed by atoms with E-state index in [9.17, 15) is 38.4 Å². The van der Waals surface area contributed by atoms with Crippen LogP contribution < -0.4 is 42.5 Å². The summed E-state index contributed by atoms with van der Waals surface area (Å²) in [7, 11) is 11.3. The first-order chi connectivity index (χ1) is 30.8. The van der Waals surface area contributed by atoms with E-state index in [1.54, 1.807) is 80.6 Å². The predicted molar refractivity (Wildman–Crippen MR) is 238 cm³/mol. The largest absolute Gasteiger partial charge is 0.354 e. The fraction of sp³-hybridized carbons (Fsp3) is 0.268. The quantitative estimate of drug-likeness (QED) is 0.0654. The summed E-state index contributed by atoms with van der Waals surface area (Å²) in [6.07, 6.45) is 9.57. The van der Waals surface area contributed by atoms with Gasteiger partial charge in [0.1, 0.15) is 22.8 Å². The van der Waals surface area contributed by atoms with E-state index in [2.05, 4.69) is 52.5 Å². The number of nitrogens with one attached hydrogen (secondary N) is 8. The van der Waals surface area contributed by atoms with Crippen LogP contribution in [0.5, 0.6) is 0 Å². The van der Waals surface area contributed by atoms with E-state index in [1.807, 2.05) is 0 Å². The predicted octanol–water partition coefficient (Wildman–Crippen LogP) is 1.98. The summed E-state index contributed by atoms with van der Waals surface area (Å²) in [6, 6.07) is 6.02. The van der Waals surface area contributed by atoms with Crippen molar-refractivity contribution in [2.45, 2.75) is 19.8 Å². The number of amides is 8. The molecule has 0 aromatic carbocycles. The van der Waals surface area contributed by atoms with Gasteiger partial charge in [0.15, 0.2) is 11.6 Å². The Morgan fingerprint density at radius 1 is 0.462 bits per heavy atom. The normalized spacial score (nSPS) is 10.8. The van der Waals surface area contributed by atoms with Gasteiger partial charge in [-0.05, 0) is 30.7 Å². The zero-order valence-corrected chi connectivity index (χ0v) is 36.7. The first kappa shape index (κ1) is 45.8. The van der Waals surface area contributed by atoms with Crippen molar-refractivity contribution in [3.05, 3.63) is 95.9 Å². The average molecular weight is 893 g/mol. The number of aromatic nitrogens is 8. The van der Waals surface area contributed by atoms with Gasteiger partial charge in [-0.1, -0.05) is 0 Å². The Labute approximate surface area is 370 Å². The average Bonchev–Trinajstić information content (AvgIpc) is 4.09. The van der Waals surface area contributed by atoms with Crippen molar-refractivity contribution in [1.82, 2.24) is 48.0 Å². The van der Waals surface area contributed by atoms with Crippen molar-refractivity contribution >= 4 is 81.6 Å². The van der Waals surface area contributed by atoms with Gasteiger partial charge in [-0.25, -0.2) is 9.97 Å². The van der Waals surface area contributed by atoms with E-state index in [-0.39, 0.29) is 77.5 Å². The standard InChI is InChI=1S/C41H48N16O8/c1-22(58)44-31-20-57(8)35(49-31)41(65)48-26-15-30(55(6)19-26)39(63)51-32-21-56(7)34(50-32)40(64)43-11-9-10-33(59)45-23-12-28(53(4)16-23)37(61)47-25-14-29(54(5)18-25)38(62)46-24-13-27(36(60)42-2)52(3)17-24/h12-21H,9-11H2,1-8H3,(H,42,60)(H,43,64)(H,44,58)(H,45,59)(H,46,62)(H,47,61)(H,48,65)(H,51,63). The van der Waals surface area contributed by atoms with Crippen LogP contribution in [-0.2, 0) is 51.9 Å². The summed E-state index contributed by atoms with van der Waals surface area (Å²) >= 11 is 0. The third kappa shape index (κ3) is 10.9. The Balaban J connectivity index is 0.944.